The zero-order valence-electron chi connectivity index (χ0n) is 16.7. The summed E-state index contributed by atoms with van der Waals surface area (Å²) < 4.78 is 2.59. The third kappa shape index (κ3) is 5.64. The lowest BCUT2D eigenvalue weighted by atomic mass is 10.1. The maximum atomic E-state index is 9.77. The van der Waals surface area contributed by atoms with E-state index in [9.17, 15) is 5.26 Å². The summed E-state index contributed by atoms with van der Waals surface area (Å²) in [6, 6.07) is 10.4. The predicted octanol–water partition coefficient (Wildman–Crippen LogP) is 6.25. The van der Waals surface area contributed by atoms with Crippen LogP contribution in [0.4, 0.5) is 5.95 Å². The van der Waals surface area contributed by atoms with Crippen LogP contribution in [0.1, 0.15) is 63.5 Å². The Balaban J connectivity index is 2.49. The molecule has 1 aromatic heterocycles. The number of nitrogens with one attached hydrogen (secondary N) is 1. The molecule has 0 fully saturated rings. The fourth-order valence-electron chi connectivity index (χ4n) is 3.09. The maximum Gasteiger partial charge on any atom is 0.204 e. The highest BCUT2D eigenvalue weighted by molar-refractivity contribution is 7.71. The number of aryl methyl sites for hydroxylation is 1. The standard InChI is InChI=1S/C22H30N4S/c1-4-6-8-13-24-22-25-20(18-12-10-11-17(3)15-18)19(16-23)21(27)26(22)14-9-7-5-2/h10-12,15H,4-9,13-14H2,1-3H3,(H,24,25). The van der Waals surface area contributed by atoms with Crippen LogP contribution in [0, 0.1) is 22.9 Å². The first-order valence-electron chi connectivity index (χ1n) is 9.98. The van der Waals surface area contributed by atoms with Gasteiger partial charge in [-0.15, -0.1) is 0 Å². The molecule has 1 N–H and O–H groups in total. The molecular weight excluding hydrogens is 352 g/mol. The SMILES string of the molecule is CCCCCNc1nc(-c2cccc(C)c2)c(C#N)c(=S)n1CCCCC. The van der Waals surface area contributed by atoms with Gasteiger partial charge in [-0.2, -0.15) is 5.26 Å². The number of rotatable bonds is 10. The molecule has 0 amide bonds. The number of anilines is 1. The maximum absolute atomic E-state index is 9.77. The van der Waals surface area contributed by atoms with E-state index in [0.29, 0.717) is 15.9 Å². The Kier molecular flexibility index (Phi) is 8.47. The summed E-state index contributed by atoms with van der Waals surface area (Å²) in [5.41, 5.74) is 3.25. The topological polar surface area (TPSA) is 53.6 Å². The van der Waals surface area contributed by atoms with Gasteiger partial charge in [0.05, 0.1) is 5.69 Å². The molecule has 0 radical (unpaired) electrons. The highest BCUT2D eigenvalue weighted by atomic mass is 32.1. The van der Waals surface area contributed by atoms with Gasteiger partial charge in [-0.3, -0.25) is 0 Å². The van der Waals surface area contributed by atoms with Crippen molar-refractivity contribution in [2.24, 2.45) is 0 Å². The van der Waals surface area contributed by atoms with E-state index in [1.54, 1.807) is 0 Å². The Morgan fingerprint density at radius 3 is 2.56 bits per heavy atom. The van der Waals surface area contributed by atoms with E-state index in [-0.39, 0.29) is 0 Å². The van der Waals surface area contributed by atoms with Crippen molar-refractivity contribution < 1.29 is 0 Å². The zero-order chi connectivity index (χ0) is 19.6. The highest BCUT2D eigenvalue weighted by Crippen LogP contribution is 2.26. The molecule has 0 saturated heterocycles. The van der Waals surface area contributed by atoms with Gasteiger partial charge in [-0.25, -0.2) is 4.98 Å². The van der Waals surface area contributed by atoms with Gasteiger partial charge >= 0.3 is 0 Å². The normalized spacial score (nSPS) is 10.6. The van der Waals surface area contributed by atoms with Crippen LogP contribution in [-0.2, 0) is 6.54 Å². The number of benzene rings is 1. The molecule has 0 aliphatic heterocycles. The summed E-state index contributed by atoms with van der Waals surface area (Å²) in [6.07, 6.45) is 6.78. The molecular formula is C22H30N4S. The van der Waals surface area contributed by atoms with E-state index in [0.717, 1.165) is 55.8 Å². The number of unbranched alkanes of at least 4 members (excludes halogenated alkanes) is 4. The van der Waals surface area contributed by atoms with Gasteiger partial charge in [-0.05, 0) is 25.8 Å². The molecule has 0 aliphatic carbocycles. The minimum atomic E-state index is 0.492. The number of nitriles is 1. The van der Waals surface area contributed by atoms with Crippen LogP contribution in [0.3, 0.4) is 0 Å². The van der Waals surface area contributed by atoms with Crippen molar-refractivity contribution in [1.29, 1.82) is 5.26 Å². The van der Waals surface area contributed by atoms with Crippen LogP contribution in [0.2, 0.25) is 0 Å². The van der Waals surface area contributed by atoms with E-state index in [2.05, 4.69) is 31.3 Å². The Morgan fingerprint density at radius 1 is 1.15 bits per heavy atom. The van der Waals surface area contributed by atoms with Gasteiger partial charge in [0.15, 0.2) is 0 Å². The molecule has 1 heterocycles. The van der Waals surface area contributed by atoms with Gasteiger partial charge in [0, 0.05) is 18.7 Å². The van der Waals surface area contributed by atoms with Crippen LogP contribution in [-0.4, -0.2) is 16.1 Å². The zero-order valence-corrected chi connectivity index (χ0v) is 17.5. The largest absolute Gasteiger partial charge is 0.356 e. The van der Waals surface area contributed by atoms with Gasteiger partial charge < -0.3 is 9.88 Å². The Hall–Kier alpha value is -2.19. The summed E-state index contributed by atoms with van der Waals surface area (Å²) >= 11 is 5.71. The molecule has 4 nitrogen and oxygen atoms in total. The third-order valence-corrected chi connectivity index (χ3v) is 5.05. The fraction of sp³-hybridized carbons (Fsp3) is 0.500. The second-order valence-electron chi connectivity index (χ2n) is 6.94. The third-order valence-electron chi connectivity index (χ3n) is 4.62. The monoisotopic (exact) mass is 382 g/mol. The number of hydrogen-bond donors (Lipinski definition) is 1. The summed E-state index contributed by atoms with van der Waals surface area (Å²) in [4.78, 5) is 4.85. The Morgan fingerprint density at radius 2 is 1.89 bits per heavy atom. The molecule has 2 rings (SSSR count). The molecule has 0 spiro atoms. The lowest BCUT2D eigenvalue weighted by molar-refractivity contribution is 0.590. The highest BCUT2D eigenvalue weighted by Gasteiger charge is 2.15. The number of hydrogen-bond acceptors (Lipinski definition) is 4. The van der Waals surface area contributed by atoms with Gasteiger partial charge in [0.1, 0.15) is 16.3 Å². The lowest BCUT2D eigenvalue weighted by Gasteiger charge is -2.18. The van der Waals surface area contributed by atoms with E-state index in [1.807, 2.05) is 29.7 Å². The first kappa shape index (κ1) is 21.1. The van der Waals surface area contributed by atoms with E-state index >= 15 is 0 Å². The van der Waals surface area contributed by atoms with Gasteiger partial charge in [-0.1, -0.05) is 75.5 Å². The molecule has 0 saturated carbocycles. The quantitative estimate of drug-likeness (QED) is 0.390. The van der Waals surface area contributed by atoms with Crippen molar-refractivity contribution in [3.63, 3.8) is 0 Å². The van der Waals surface area contributed by atoms with Crippen molar-refractivity contribution in [3.05, 3.63) is 40.0 Å². The summed E-state index contributed by atoms with van der Waals surface area (Å²) in [6.45, 7) is 8.08. The first-order chi connectivity index (χ1) is 13.1. The van der Waals surface area contributed by atoms with E-state index in [1.165, 1.54) is 12.8 Å². The van der Waals surface area contributed by atoms with Crippen LogP contribution in [0.25, 0.3) is 11.3 Å². The molecule has 1 aromatic carbocycles. The predicted molar refractivity (Wildman–Crippen MR) is 115 cm³/mol. The van der Waals surface area contributed by atoms with Crippen molar-refractivity contribution in [2.75, 3.05) is 11.9 Å². The van der Waals surface area contributed by atoms with Crippen LogP contribution in [0.15, 0.2) is 24.3 Å². The average Bonchev–Trinajstić information content (AvgIpc) is 2.67. The molecule has 0 bridgehead atoms. The molecule has 27 heavy (non-hydrogen) atoms. The van der Waals surface area contributed by atoms with Crippen molar-refractivity contribution >= 4 is 18.2 Å². The Labute approximate surface area is 168 Å². The van der Waals surface area contributed by atoms with Crippen LogP contribution in [0.5, 0.6) is 0 Å². The van der Waals surface area contributed by atoms with Gasteiger partial charge in [0.25, 0.3) is 0 Å². The summed E-state index contributed by atoms with van der Waals surface area (Å²) in [5, 5.41) is 13.2. The second-order valence-corrected chi connectivity index (χ2v) is 7.32. The molecule has 0 atom stereocenters. The molecule has 0 unspecified atom stereocenters. The molecule has 144 valence electrons. The van der Waals surface area contributed by atoms with Crippen molar-refractivity contribution in [1.82, 2.24) is 9.55 Å². The molecule has 2 aromatic rings. The summed E-state index contributed by atoms with van der Waals surface area (Å²) in [7, 11) is 0. The van der Waals surface area contributed by atoms with Crippen molar-refractivity contribution in [2.45, 2.75) is 65.8 Å². The molecule has 0 aliphatic rings. The van der Waals surface area contributed by atoms with E-state index < -0.39 is 0 Å². The van der Waals surface area contributed by atoms with E-state index in [4.69, 9.17) is 17.2 Å². The van der Waals surface area contributed by atoms with Crippen molar-refractivity contribution in [3.8, 4) is 17.3 Å². The fourth-order valence-corrected chi connectivity index (χ4v) is 3.41. The number of nitrogens with zero attached hydrogens (tertiary/aromatic N) is 3. The second kappa shape index (κ2) is 10.8. The minimum absolute atomic E-state index is 0.492. The van der Waals surface area contributed by atoms with Crippen LogP contribution < -0.4 is 5.32 Å². The lowest BCUT2D eigenvalue weighted by Crippen LogP contribution is -2.16. The molecule has 5 heteroatoms. The minimum Gasteiger partial charge on any atom is -0.356 e. The smallest absolute Gasteiger partial charge is 0.204 e. The summed E-state index contributed by atoms with van der Waals surface area (Å²) in [5.74, 6) is 0.780. The Bertz CT molecular complexity index is 848. The average molecular weight is 383 g/mol. The first-order valence-corrected chi connectivity index (χ1v) is 10.4. The van der Waals surface area contributed by atoms with Gasteiger partial charge in [0.2, 0.25) is 5.95 Å². The number of aromatic nitrogens is 2. The van der Waals surface area contributed by atoms with Crippen LogP contribution >= 0.6 is 12.2 Å².